The van der Waals surface area contributed by atoms with Gasteiger partial charge >= 0.3 is 0 Å². The summed E-state index contributed by atoms with van der Waals surface area (Å²) in [5.74, 6) is 0.855. The van der Waals surface area contributed by atoms with E-state index in [2.05, 4.69) is 28.4 Å². The molecule has 0 spiro atoms. The Morgan fingerprint density at radius 2 is 2.05 bits per heavy atom. The van der Waals surface area contributed by atoms with Crippen molar-refractivity contribution in [2.24, 2.45) is 5.92 Å². The highest BCUT2D eigenvalue weighted by atomic mass is 15.1. The second-order valence-electron chi connectivity index (χ2n) is 6.14. The Morgan fingerprint density at radius 3 is 2.65 bits per heavy atom. The van der Waals surface area contributed by atoms with Crippen LogP contribution in [-0.4, -0.2) is 25.7 Å². The molecule has 0 aliphatic carbocycles. The first kappa shape index (κ1) is 13.5. The minimum atomic E-state index is 0.764. The highest BCUT2D eigenvalue weighted by molar-refractivity contribution is 5.53. The molecule has 1 atom stereocenters. The zero-order chi connectivity index (χ0) is 13.9. The molecule has 2 aliphatic heterocycles. The van der Waals surface area contributed by atoms with E-state index in [1.807, 2.05) is 13.0 Å². The summed E-state index contributed by atoms with van der Waals surface area (Å²) in [6.45, 7) is 5.53. The lowest BCUT2D eigenvalue weighted by Gasteiger charge is -2.36. The number of nitriles is 1. The standard InChI is InChI=1S/C17H23N3/c1-13-11-16(5-4-15(13)12-18)20-9-6-14(7-10-20)17-3-2-8-19-17/h4-5,11,14,17,19H,2-3,6-10H2,1H3. The molecule has 3 nitrogen and oxygen atoms in total. The van der Waals surface area contributed by atoms with Crippen molar-refractivity contribution in [3.05, 3.63) is 29.3 Å². The lowest BCUT2D eigenvalue weighted by Crippen LogP contribution is -2.40. The fraction of sp³-hybridized carbons (Fsp3) is 0.588. The van der Waals surface area contributed by atoms with Crippen LogP contribution in [0, 0.1) is 24.2 Å². The zero-order valence-corrected chi connectivity index (χ0v) is 12.2. The number of aryl methyl sites for hydroxylation is 1. The van der Waals surface area contributed by atoms with Crippen molar-refractivity contribution in [1.29, 1.82) is 5.26 Å². The van der Waals surface area contributed by atoms with E-state index >= 15 is 0 Å². The van der Waals surface area contributed by atoms with Crippen LogP contribution in [-0.2, 0) is 0 Å². The van der Waals surface area contributed by atoms with Gasteiger partial charge in [-0.3, -0.25) is 0 Å². The van der Waals surface area contributed by atoms with Gasteiger partial charge in [-0.1, -0.05) is 0 Å². The fourth-order valence-corrected chi connectivity index (χ4v) is 3.64. The van der Waals surface area contributed by atoms with Crippen LogP contribution in [0.1, 0.15) is 36.8 Å². The van der Waals surface area contributed by atoms with Crippen molar-refractivity contribution >= 4 is 5.69 Å². The molecule has 0 radical (unpaired) electrons. The molecule has 1 aromatic carbocycles. The van der Waals surface area contributed by atoms with Crippen LogP contribution in [0.5, 0.6) is 0 Å². The van der Waals surface area contributed by atoms with E-state index in [1.165, 1.54) is 37.9 Å². The van der Waals surface area contributed by atoms with Gasteiger partial charge in [-0.25, -0.2) is 0 Å². The van der Waals surface area contributed by atoms with Crippen molar-refractivity contribution in [2.45, 2.75) is 38.6 Å². The normalized spacial score (nSPS) is 23.8. The molecule has 2 saturated heterocycles. The summed E-state index contributed by atoms with van der Waals surface area (Å²) in [4.78, 5) is 2.47. The molecule has 2 heterocycles. The first-order chi connectivity index (χ1) is 9.78. The van der Waals surface area contributed by atoms with Gasteiger partial charge in [-0.2, -0.15) is 5.26 Å². The van der Waals surface area contributed by atoms with E-state index in [-0.39, 0.29) is 0 Å². The third-order valence-corrected chi connectivity index (χ3v) is 4.90. The third kappa shape index (κ3) is 2.66. The van der Waals surface area contributed by atoms with Crippen molar-refractivity contribution < 1.29 is 0 Å². The second kappa shape index (κ2) is 5.85. The summed E-state index contributed by atoms with van der Waals surface area (Å²) >= 11 is 0. The Bertz CT molecular complexity index is 503. The van der Waals surface area contributed by atoms with Gasteiger partial charge in [-0.05, 0) is 68.8 Å². The minimum absolute atomic E-state index is 0.764. The van der Waals surface area contributed by atoms with Gasteiger partial charge in [0.05, 0.1) is 11.6 Å². The van der Waals surface area contributed by atoms with Crippen LogP contribution in [0.3, 0.4) is 0 Å². The molecular formula is C17H23N3. The van der Waals surface area contributed by atoms with Crippen LogP contribution in [0.4, 0.5) is 5.69 Å². The first-order valence-electron chi connectivity index (χ1n) is 7.77. The Labute approximate surface area is 121 Å². The highest BCUT2D eigenvalue weighted by Gasteiger charge is 2.28. The minimum Gasteiger partial charge on any atom is -0.372 e. The molecule has 1 unspecified atom stereocenters. The van der Waals surface area contributed by atoms with Gasteiger partial charge in [0.2, 0.25) is 0 Å². The Kier molecular flexibility index (Phi) is 3.93. The predicted octanol–water partition coefficient (Wildman–Crippen LogP) is 2.84. The molecule has 2 fully saturated rings. The Morgan fingerprint density at radius 1 is 1.25 bits per heavy atom. The number of nitrogens with one attached hydrogen (secondary N) is 1. The Hall–Kier alpha value is -1.53. The molecule has 3 heteroatoms. The van der Waals surface area contributed by atoms with Crippen molar-refractivity contribution in [3.63, 3.8) is 0 Å². The van der Waals surface area contributed by atoms with E-state index in [9.17, 15) is 0 Å². The number of piperidine rings is 1. The summed E-state index contributed by atoms with van der Waals surface area (Å²) in [6.07, 6.45) is 5.29. The van der Waals surface area contributed by atoms with Crippen molar-refractivity contribution in [2.75, 3.05) is 24.5 Å². The maximum absolute atomic E-state index is 9.01. The number of nitrogens with zero attached hydrogens (tertiary/aromatic N) is 2. The summed E-state index contributed by atoms with van der Waals surface area (Å²) < 4.78 is 0. The summed E-state index contributed by atoms with van der Waals surface area (Å²) in [5.41, 5.74) is 3.16. The predicted molar refractivity (Wildman–Crippen MR) is 81.9 cm³/mol. The van der Waals surface area contributed by atoms with Gasteiger partial charge in [0, 0.05) is 24.8 Å². The average Bonchev–Trinajstić information content (AvgIpc) is 3.01. The van der Waals surface area contributed by atoms with Crippen LogP contribution < -0.4 is 10.2 Å². The molecule has 3 rings (SSSR count). The first-order valence-corrected chi connectivity index (χ1v) is 7.77. The van der Waals surface area contributed by atoms with Crippen molar-refractivity contribution in [3.8, 4) is 6.07 Å². The van der Waals surface area contributed by atoms with Crippen LogP contribution in [0.15, 0.2) is 18.2 Å². The van der Waals surface area contributed by atoms with E-state index < -0.39 is 0 Å². The smallest absolute Gasteiger partial charge is 0.0994 e. The number of benzene rings is 1. The average molecular weight is 269 g/mol. The molecule has 0 amide bonds. The van der Waals surface area contributed by atoms with Crippen LogP contribution in [0.2, 0.25) is 0 Å². The number of hydrogen-bond acceptors (Lipinski definition) is 3. The van der Waals surface area contributed by atoms with Gasteiger partial charge in [-0.15, -0.1) is 0 Å². The SMILES string of the molecule is Cc1cc(N2CCC(C3CCCN3)CC2)ccc1C#N. The second-order valence-corrected chi connectivity index (χ2v) is 6.14. The maximum Gasteiger partial charge on any atom is 0.0994 e. The molecule has 106 valence electrons. The summed E-state index contributed by atoms with van der Waals surface area (Å²) in [7, 11) is 0. The summed E-state index contributed by atoms with van der Waals surface area (Å²) in [6, 6.07) is 9.22. The number of hydrogen-bond donors (Lipinski definition) is 1. The third-order valence-electron chi connectivity index (χ3n) is 4.90. The monoisotopic (exact) mass is 269 g/mol. The Balaban J connectivity index is 1.63. The lowest BCUT2D eigenvalue weighted by atomic mass is 9.88. The molecule has 0 bridgehead atoms. The molecule has 20 heavy (non-hydrogen) atoms. The maximum atomic E-state index is 9.01. The topological polar surface area (TPSA) is 39.1 Å². The molecule has 0 saturated carbocycles. The highest BCUT2D eigenvalue weighted by Crippen LogP contribution is 2.29. The van der Waals surface area contributed by atoms with E-state index in [4.69, 9.17) is 5.26 Å². The number of rotatable bonds is 2. The molecule has 1 N–H and O–H groups in total. The summed E-state index contributed by atoms with van der Waals surface area (Å²) in [5, 5.41) is 12.7. The van der Waals surface area contributed by atoms with Gasteiger partial charge in [0.15, 0.2) is 0 Å². The van der Waals surface area contributed by atoms with Gasteiger partial charge in [0.1, 0.15) is 0 Å². The lowest BCUT2D eigenvalue weighted by molar-refractivity contribution is 0.319. The van der Waals surface area contributed by atoms with Gasteiger partial charge in [0.25, 0.3) is 0 Å². The van der Waals surface area contributed by atoms with Crippen molar-refractivity contribution in [1.82, 2.24) is 5.32 Å². The fourth-order valence-electron chi connectivity index (χ4n) is 3.64. The van der Waals surface area contributed by atoms with Crippen LogP contribution in [0.25, 0.3) is 0 Å². The van der Waals surface area contributed by atoms with Gasteiger partial charge < -0.3 is 10.2 Å². The zero-order valence-electron chi connectivity index (χ0n) is 12.2. The molecule has 0 aromatic heterocycles. The number of anilines is 1. The van der Waals surface area contributed by atoms with E-state index in [0.29, 0.717) is 0 Å². The quantitative estimate of drug-likeness (QED) is 0.897. The van der Waals surface area contributed by atoms with E-state index in [1.54, 1.807) is 0 Å². The largest absolute Gasteiger partial charge is 0.372 e. The molecule has 1 aromatic rings. The van der Waals surface area contributed by atoms with Crippen LogP contribution >= 0.6 is 0 Å². The molecule has 2 aliphatic rings. The van der Waals surface area contributed by atoms with E-state index in [0.717, 1.165) is 36.2 Å². The molecular weight excluding hydrogens is 246 g/mol.